The third-order valence-electron chi connectivity index (χ3n) is 4.73. The summed E-state index contributed by atoms with van der Waals surface area (Å²) in [6.07, 6.45) is 0.720. The number of nitrogens with zero attached hydrogens (tertiary/aromatic N) is 1. The van der Waals surface area contributed by atoms with E-state index in [-0.39, 0.29) is 4.90 Å². The molecule has 30 heavy (non-hydrogen) atoms. The summed E-state index contributed by atoms with van der Waals surface area (Å²) in [6.45, 7) is 0.535. The standard InChI is InChI=1S/C22H21NO6S/c1-23(15-22(24)29-18-8-7-16-5-2-3-6-17(16)13-18)30(25,26)19-9-10-20-21(14-19)28-12-4-11-27-20/h2-3,5-10,13-14H,4,11-12,15H2,1H3. The third kappa shape index (κ3) is 4.24. The Morgan fingerprint density at radius 3 is 2.50 bits per heavy atom. The number of sulfonamides is 1. The summed E-state index contributed by atoms with van der Waals surface area (Å²) in [6, 6.07) is 17.4. The monoisotopic (exact) mass is 427 g/mol. The van der Waals surface area contributed by atoms with Gasteiger partial charge in [0.15, 0.2) is 11.5 Å². The van der Waals surface area contributed by atoms with Crippen LogP contribution in [0, 0.1) is 0 Å². The molecule has 1 aliphatic rings. The zero-order valence-corrected chi connectivity index (χ0v) is 17.2. The predicted molar refractivity (Wildman–Crippen MR) is 111 cm³/mol. The van der Waals surface area contributed by atoms with Crippen LogP contribution in [-0.2, 0) is 14.8 Å². The summed E-state index contributed by atoms with van der Waals surface area (Å²) < 4.78 is 43.2. The Labute approximate surface area is 174 Å². The van der Waals surface area contributed by atoms with Crippen LogP contribution in [-0.4, -0.2) is 45.5 Å². The SMILES string of the molecule is CN(CC(=O)Oc1ccc2ccccc2c1)S(=O)(=O)c1ccc2c(c1)OCCCO2. The summed E-state index contributed by atoms with van der Waals surface area (Å²) in [5.74, 6) is 0.566. The average molecular weight is 427 g/mol. The van der Waals surface area contributed by atoms with Crippen LogP contribution in [0.5, 0.6) is 17.2 Å². The molecule has 0 radical (unpaired) electrons. The van der Waals surface area contributed by atoms with Crippen molar-refractivity contribution in [2.24, 2.45) is 0 Å². The highest BCUT2D eigenvalue weighted by Gasteiger charge is 2.26. The molecule has 0 spiro atoms. The van der Waals surface area contributed by atoms with Crippen LogP contribution in [0.4, 0.5) is 0 Å². The van der Waals surface area contributed by atoms with E-state index in [0.29, 0.717) is 30.5 Å². The Bertz CT molecular complexity index is 1190. The highest BCUT2D eigenvalue weighted by molar-refractivity contribution is 7.89. The lowest BCUT2D eigenvalue weighted by Crippen LogP contribution is -2.34. The average Bonchev–Trinajstić information content (AvgIpc) is 2.98. The van der Waals surface area contributed by atoms with E-state index in [2.05, 4.69) is 0 Å². The molecule has 1 heterocycles. The number of ether oxygens (including phenoxy) is 3. The normalized spacial score (nSPS) is 13.8. The van der Waals surface area contributed by atoms with Crippen molar-refractivity contribution in [3.05, 3.63) is 60.7 Å². The van der Waals surface area contributed by atoms with Gasteiger partial charge in [0.05, 0.1) is 18.1 Å². The van der Waals surface area contributed by atoms with Crippen molar-refractivity contribution in [2.45, 2.75) is 11.3 Å². The molecule has 0 saturated carbocycles. The van der Waals surface area contributed by atoms with E-state index >= 15 is 0 Å². The van der Waals surface area contributed by atoms with Gasteiger partial charge in [-0.15, -0.1) is 0 Å². The molecule has 0 unspecified atom stereocenters. The first-order valence-corrected chi connectivity index (χ1v) is 10.9. The van der Waals surface area contributed by atoms with E-state index in [1.807, 2.05) is 30.3 Å². The molecule has 0 saturated heterocycles. The number of likely N-dealkylation sites (N-methyl/N-ethyl adjacent to an activating group) is 1. The molecule has 0 atom stereocenters. The molecule has 0 amide bonds. The molecule has 0 aromatic heterocycles. The lowest BCUT2D eigenvalue weighted by atomic mass is 10.1. The van der Waals surface area contributed by atoms with Crippen LogP contribution < -0.4 is 14.2 Å². The first-order valence-electron chi connectivity index (χ1n) is 9.49. The van der Waals surface area contributed by atoms with E-state index in [4.69, 9.17) is 14.2 Å². The molecular formula is C22H21NO6S. The fourth-order valence-electron chi connectivity index (χ4n) is 3.15. The van der Waals surface area contributed by atoms with Gasteiger partial charge in [-0.3, -0.25) is 4.79 Å². The number of carbonyl (C=O) groups is 1. The Morgan fingerprint density at radius 2 is 1.70 bits per heavy atom. The molecular weight excluding hydrogens is 406 g/mol. The zero-order chi connectivity index (χ0) is 21.1. The molecule has 0 bridgehead atoms. The number of hydrogen-bond donors (Lipinski definition) is 0. The van der Waals surface area contributed by atoms with E-state index in [0.717, 1.165) is 21.5 Å². The maximum Gasteiger partial charge on any atom is 0.326 e. The van der Waals surface area contributed by atoms with Crippen LogP contribution in [0.25, 0.3) is 10.8 Å². The fraction of sp³-hybridized carbons (Fsp3) is 0.227. The summed E-state index contributed by atoms with van der Waals surface area (Å²) >= 11 is 0. The topological polar surface area (TPSA) is 82.1 Å². The van der Waals surface area contributed by atoms with Crippen LogP contribution in [0.15, 0.2) is 65.6 Å². The van der Waals surface area contributed by atoms with E-state index in [9.17, 15) is 13.2 Å². The summed E-state index contributed by atoms with van der Waals surface area (Å²) in [5.41, 5.74) is 0. The molecule has 0 aliphatic carbocycles. The molecule has 7 nitrogen and oxygen atoms in total. The van der Waals surface area contributed by atoms with Crippen LogP contribution >= 0.6 is 0 Å². The number of rotatable bonds is 5. The van der Waals surface area contributed by atoms with E-state index in [1.54, 1.807) is 18.2 Å². The van der Waals surface area contributed by atoms with Gasteiger partial charge in [0.1, 0.15) is 12.3 Å². The lowest BCUT2D eigenvalue weighted by Gasteiger charge is -2.17. The summed E-state index contributed by atoms with van der Waals surface area (Å²) in [7, 11) is -2.58. The Balaban J connectivity index is 1.47. The summed E-state index contributed by atoms with van der Waals surface area (Å²) in [4.78, 5) is 12.4. The van der Waals surface area contributed by atoms with E-state index < -0.39 is 22.5 Å². The van der Waals surface area contributed by atoms with Gasteiger partial charge in [-0.25, -0.2) is 8.42 Å². The van der Waals surface area contributed by atoms with Gasteiger partial charge in [-0.2, -0.15) is 4.31 Å². The summed E-state index contributed by atoms with van der Waals surface area (Å²) in [5, 5.41) is 1.95. The smallest absolute Gasteiger partial charge is 0.326 e. The Morgan fingerprint density at radius 1 is 0.967 bits per heavy atom. The number of carbonyl (C=O) groups excluding carboxylic acids is 1. The van der Waals surface area contributed by atoms with Crippen molar-refractivity contribution in [1.29, 1.82) is 0 Å². The second-order valence-corrected chi connectivity index (χ2v) is 8.95. The molecule has 1 aliphatic heterocycles. The Hall–Kier alpha value is -3.10. The lowest BCUT2D eigenvalue weighted by molar-refractivity contribution is -0.134. The predicted octanol–water partition coefficient (Wildman–Crippen LogP) is 3.23. The first-order chi connectivity index (χ1) is 14.4. The fourth-order valence-corrected chi connectivity index (χ4v) is 4.28. The minimum atomic E-state index is -3.91. The third-order valence-corrected chi connectivity index (χ3v) is 6.53. The number of benzene rings is 3. The van der Waals surface area contributed by atoms with Crippen molar-refractivity contribution in [3.63, 3.8) is 0 Å². The van der Waals surface area contributed by atoms with Gasteiger partial charge < -0.3 is 14.2 Å². The minimum absolute atomic E-state index is 0.0211. The van der Waals surface area contributed by atoms with Crippen molar-refractivity contribution in [1.82, 2.24) is 4.31 Å². The Kier molecular flexibility index (Phi) is 5.61. The van der Waals surface area contributed by atoms with Gasteiger partial charge in [0.25, 0.3) is 0 Å². The number of fused-ring (bicyclic) bond motifs is 2. The maximum atomic E-state index is 12.9. The van der Waals surface area contributed by atoms with Crippen LogP contribution in [0.2, 0.25) is 0 Å². The highest BCUT2D eigenvalue weighted by Crippen LogP contribution is 2.32. The van der Waals surface area contributed by atoms with Gasteiger partial charge in [0, 0.05) is 19.5 Å². The molecule has 156 valence electrons. The van der Waals surface area contributed by atoms with Crippen LogP contribution in [0.1, 0.15) is 6.42 Å². The van der Waals surface area contributed by atoms with Gasteiger partial charge in [0.2, 0.25) is 10.0 Å². The molecule has 0 N–H and O–H groups in total. The van der Waals surface area contributed by atoms with Gasteiger partial charge in [-0.1, -0.05) is 30.3 Å². The molecule has 3 aromatic carbocycles. The number of esters is 1. The quantitative estimate of drug-likeness (QED) is 0.459. The first kappa shape index (κ1) is 20.2. The van der Waals surface area contributed by atoms with Crippen molar-refractivity contribution < 1.29 is 27.4 Å². The highest BCUT2D eigenvalue weighted by atomic mass is 32.2. The minimum Gasteiger partial charge on any atom is -0.490 e. The molecule has 4 rings (SSSR count). The van der Waals surface area contributed by atoms with Gasteiger partial charge in [-0.05, 0) is 35.0 Å². The molecule has 3 aromatic rings. The van der Waals surface area contributed by atoms with Crippen molar-refractivity contribution in [2.75, 3.05) is 26.8 Å². The van der Waals surface area contributed by atoms with Crippen LogP contribution in [0.3, 0.4) is 0 Å². The van der Waals surface area contributed by atoms with Gasteiger partial charge >= 0.3 is 5.97 Å². The zero-order valence-electron chi connectivity index (χ0n) is 16.4. The molecule has 8 heteroatoms. The maximum absolute atomic E-state index is 12.9. The second-order valence-electron chi connectivity index (χ2n) is 6.90. The molecule has 0 fully saturated rings. The van der Waals surface area contributed by atoms with E-state index in [1.165, 1.54) is 19.2 Å². The largest absolute Gasteiger partial charge is 0.490 e. The second kappa shape index (κ2) is 8.33. The number of hydrogen-bond acceptors (Lipinski definition) is 6. The van der Waals surface area contributed by atoms with Crippen molar-refractivity contribution >= 4 is 26.8 Å². The van der Waals surface area contributed by atoms with Crippen molar-refractivity contribution in [3.8, 4) is 17.2 Å².